The molecule has 1 unspecified atom stereocenters. The number of carbonyl (C=O) groups excluding carboxylic acids is 2. The fraction of sp³-hybridized carbons (Fsp3) is 0.846. The average molecular weight is 238 g/mol. The molecule has 0 radical (unpaired) electrons. The third-order valence-electron chi connectivity index (χ3n) is 3.84. The molecule has 4 heteroatoms. The zero-order valence-electron chi connectivity index (χ0n) is 10.6. The minimum Gasteiger partial charge on any atom is -0.335 e. The van der Waals surface area contributed by atoms with Gasteiger partial charge in [-0.05, 0) is 45.4 Å². The van der Waals surface area contributed by atoms with Crippen molar-refractivity contribution in [2.24, 2.45) is 0 Å². The second-order valence-corrected chi connectivity index (χ2v) is 5.33. The van der Waals surface area contributed by atoms with Crippen LogP contribution in [0.2, 0.25) is 0 Å². The van der Waals surface area contributed by atoms with Crippen LogP contribution in [-0.2, 0) is 4.79 Å². The molecular weight excluding hydrogens is 216 g/mol. The number of hydrogen-bond donors (Lipinski definition) is 1. The number of urea groups is 1. The van der Waals surface area contributed by atoms with Crippen molar-refractivity contribution in [3.63, 3.8) is 0 Å². The summed E-state index contributed by atoms with van der Waals surface area (Å²) in [6.07, 6.45) is 7.11. The Hall–Kier alpha value is -1.06. The molecule has 0 aromatic rings. The Bertz CT molecular complexity index is 300. The van der Waals surface area contributed by atoms with Crippen LogP contribution < -0.4 is 5.32 Å². The zero-order chi connectivity index (χ0) is 12.3. The molecule has 17 heavy (non-hydrogen) atoms. The number of nitrogens with zero attached hydrogens (tertiary/aromatic N) is 1. The number of likely N-dealkylation sites (tertiary alicyclic amines) is 1. The van der Waals surface area contributed by atoms with E-state index in [1.807, 2.05) is 4.90 Å². The maximum Gasteiger partial charge on any atom is 0.317 e. The summed E-state index contributed by atoms with van der Waals surface area (Å²) in [6, 6.07) is 0.546. The fourth-order valence-electron chi connectivity index (χ4n) is 2.62. The van der Waals surface area contributed by atoms with E-state index in [0.717, 1.165) is 38.6 Å². The van der Waals surface area contributed by atoms with Gasteiger partial charge in [0, 0.05) is 25.0 Å². The molecule has 2 fully saturated rings. The molecule has 2 aliphatic rings. The van der Waals surface area contributed by atoms with Gasteiger partial charge in [-0.1, -0.05) is 0 Å². The predicted molar refractivity (Wildman–Crippen MR) is 65.8 cm³/mol. The molecule has 0 aromatic carbocycles. The highest BCUT2D eigenvalue weighted by molar-refractivity contribution is 5.79. The van der Waals surface area contributed by atoms with Crippen LogP contribution in [0.1, 0.15) is 51.9 Å². The number of amides is 2. The minimum absolute atomic E-state index is 0.0423. The normalized spacial score (nSPS) is 25.2. The monoisotopic (exact) mass is 238 g/mol. The Morgan fingerprint density at radius 1 is 1.18 bits per heavy atom. The Labute approximate surface area is 103 Å². The third-order valence-corrected chi connectivity index (χ3v) is 3.84. The van der Waals surface area contributed by atoms with E-state index in [4.69, 9.17) is 0 Å². The minimum atomic E-state index is 0.0423. The second-order valence-electron chi connectivity index (χ2n) is 5.33. The van der Waals surface area contributed by atoms with Gasteiger partial charge in [-0.2, -0.15) is 0 Å². The summed E-state index contributed by atoms with van der Waals surface area (Å²) >= 11 is 0. The van der Waals surface area contributed by atoms with Crippen molar-refractivity contribution in [2.75, 3.05) is 6.54 Å². The molecule has 1 atom stereocenters. The summed E-state index contributed by atoms with van der Waals surface area (Å²) < 4.78 is 0. The number of ketones is 1. The van der Waals surface area contributed by atoms with E-state index in [2.05, 4.69) is 5.32 Å². The van der Waals surface area contributed by atoms with Crippen LogP contribution in [0, 0.1) is 0 Å². The predicted octanol–water partition coefficient (Wildman–Crippen LogP) is 2.08. The maximum atomic E-state index is 12.1. The lowest BCUT2D eigenvalue weighted by Crippen LogP contribution is -2.52. The Morgan fingerprint density at radius 2 is 1.94 bits per heavy atom. The zero-order valence-corrected chi connectivity index (χ0v) is 10.6. The van der Waals surface area contributed by atoms with E-state index in [9.17, 15) is 9.59 Å². The molecule has 0 bridgehead atoms. The lowest BCUT2D eigenvalue weighted by molar-refractivity contribution is -0.118. The summed E-state index contributed by atoms with van der Waals surface area (Å²) in [5.41, 5.74) is 0. The van der Waals surface area contributed by atoms with Gasteiger partial charge in [-0.3, -0.25) is 4.79 Å². The molecule has 1 saturated heterocycles. The van der Waals surface area contributed by atoms with Crippen LogP contribution in [-0.4, -0.2) is 35.3 Å². The number of hydrogen-bond acceptors (Lipinski definition) is 2. The van der Waals surface area contributed by atoms with Crippen LogP contribution in [0.5, 0.6) is 0 Å². The van der Waals surface area contributed by atoms with Gasteiger partial charge in [-0.15, -0.1) is 0 Å². The lowest BCUT2D eigenvalue weighted by atomic mass is 9.93. The van der Waals surface area contributed by atoms with Gasteiger partial charge in [0.2, 0.25) is 0 Å². The molecule has 0 spiro atoms. The van der Waals surface area contributed by atoms with Gasteiger partial charge in [0.25, 0.3) is 0 Å². The van der Waals surface area contributed by atoms with Crippen LogP contribution in [0.15, 0.2) is 0 Å². The van der Waals surface area contributed by atoms with Crippen LogP contribution >= 0.6 is 0 Å². The van der Waals surface area contributed by atoms with E-state index in [1.54, 1.807) is 6.92 Å². The van der Waals surface area contributed by atoms with Gasteiger partial charge < -0.3 is 10.2 Å². The molecule has 1 aliphatic carbocycles. The summed E-state index contributed by atoms with van der Waals surface area (Å²) in [5.74, 6) is 0.179. The van der Waals surface area contributed by atoms with E-state index < -0.39 is 0 Å². The molecule has 2 rings (SSSR count). The lowest BCUT2D eigenvalue weighted by Gasteiger charge is -2.37. The van der Waals surface area contributed by atoms with Crippen LogP contribution in [0.4, 0.5) is 4.79 Å². The van der Waals surface area contributed by atoms with Crippen molar-refractivity contribution in [1.82, 2.24) is 10.2 Å². The standard InChI is InChI=1S/C13H22N2O2/c1-10(16)9-12-7-2-3-8-15(12)13(17)14-11-5-4-6-11/h11-12H,2-9H2,1H3,(H,14,17). The summed E-state index contributed by atoms with van der Waals surface area (Å²) in [5, 5.41) is 3.06. The smallest absolute Gasteiger partial charge is 0.317 e. The first-order chi connectivity index (χ1) is 8.16. The number of nitrogens with one attached hydrogen (secondary N) is 1. The fourth-order valence-corrected chi connectivity index (χ4v) is 2.62. The van der Waals surface area contributed by atoms with Gasteiger partial charge in [-0.25, -0.2) is 4.79 Å². The summed E-state index contributed by atoms with van der Waals surface area (Å²) in [7, 11) is 0. The van der Waals surface area contributed by atoms with Gasteiger partial charge in [0.05, 0.1) is 0 Å². The van der Waals surface area contributed by atoms with Crippen molar-refractivity contribution in [3.05, 3.63) is 0 Å². The number of piperidine rings is 1. The van der Waals surface area contributed by atoms with Gasteiger partial charge >= 0.3 is 6.03 Å². The molecule has 4 nitrogen and oxygen atoms in total. The first-order valence-corrected chi connectivity index (χ1v) is 6.73. The topological polar surface area (TPSA) is 49.4 Å². The van der Waals surface area contributed by atoms with E-state index in [-0.39, 0.29) is 17.9 Å². The van der Waals surface area contributed by atoms with Crippen LogP contribution in [0.25, 0.3) is 0 Å². The Balaban J connectivity index is 1.89. The SMILES string of the molecule is CC(=O)CC1CCCCN1C(=O)NC1CCC1. The molecule has 96 valence electrons. The number of rotatable bonds is 3. The second kappa shape index (κ2) is 5.52. The van der Waals surface area contributed by atoms with Crippen molar-refractivity contribution in [3.8, 4) is 0 Å². The van der Waals surface area contributed by atoms with E-state index in [0.29, 0.717) is 12.5 Å². The Kier molecular flexibility index (Phi) is 4.02. The average Bonchev–Trinajstić information content (AvgIpc) is 2.23. The molecule has 1 heterocycles. The molecular formula is C13H22N2O2. The highest BCUT2D eigenvalue weighted by Gasteiger charge is 2.29. The highest BCUT2D eigenvalue weighted by Crippen LogP contribution is 2.22. The Morgan fingerprint density at radius 3 is 2.53 bits per heavy atom. The first-order valence-electron chi connectivity index (χ1n) is 6.73. The molecule has 2 amide bonds. The summed E-state index contributed by atoms with van der Waals surface area (Å²) in [4.78, 5) is 25.2. The van der Waals surface area contributed by atoms with Crippen molar-refractivity contribution in [1.29, 1.82) is 0 Å². The third kappa shape index (κ3) is 3.20. The van der Waals surface area contributed by atoms with Crippen molar-refractivity contribution in [2.45, 2.75) is 64.0 Å². The quantitative estimate of drug-likeness (QED) is 0.818. The molecule has 1 saturated carbocycles. The van der Waals surface area contributed by atoms with Gasteiger partial charge in [0.1, 0.15) is 5.78 Å². The van der Waals surface area contributed by atoms with Crippen LogP contribution in [0.3, 0.4) is 0 Å². The molecule has 0 aromatic heterocycles. The molecule has 1 N–H and O–H groups in total. The highest BCUT2D eigenvalue weighted by atomic mass is 16.2. The van der Waals surface area contributed by atoms with Crippen molar-refractivity contribution < 1.29 is 9.59 Å². The first kappa shape index (κ1) is 12.4. The number of carbonyl (C=O) groups is 2. The van der Waals surface area contributed by atoms with E-state index >= 15 is 0 Å². The number of Topliss-reactive ketones (excluding diaryl/α,β-unsaturated/α-hetero) is 1. The summed E-state index contributed by atoms with van der Waals surface area (Å²) in [6.45, 7) is 2.41. The van der Waals surface area contributed by atoms with Gasteiger partial charge in [0.15, 0.2) is 0 Å². The molecule has 1 aliphatic heterocycles. The largest absolute Gasteiger partial charge is 0.335 e. The van der Waals surface area contributed by atoms with Crippen molar-refractivity contribution >= 4 is 11.8 Å². The van der Waals surface area contributed by atoms with E-state index in [1.165, 1.54) is 6.42 Å². The maximum absolute atomic E-state index is 12.1.